The van der Waals surface area contributed by atoms with Gasteiger partial charge in [-0.05, 0) is 61.3 Å². The van der Waals surface area contributed by atoms with Gasteiger partial charge in [-0.1, -0.05) is 87.2 Å². The average molecular weight is 379 g/mol. The highest BCUT2D eigenvalue weighted by atomic mass is 32.1. The molecule has 1 aliphatic carbocycles. The quantitative estimate of drug-likeness (QED) is 0.267. The maximum atomic E-state index is 4.66. The Morgan fingerprint density at radius 2 is 1.93 bits per heavy atom. The van der Waals surface area contributed by atoms with Crippen LogP contribution in [0, 0.1) is 5.92 Å². The van der Waals surface area contributed by atoms with Gasteiger partial charge in [-0.3, -0.25) is 0 Å². The molecule has 0 nitrogen and oxygen atoms in total. The van der Waals surface area contributed by atoms with Crippen LogP contribution in [0.3, 0.4) is 0 Å². The fourth-order valence-electron chi connectivity index (χ4n) is 4.11. The lowest BCUT2D eigenvalue weighted by atomic mass is 9.67. The lowest BCUT2D eigenvalue weighted by Crippen LogP contribution is -2.28. The highest BCUT2D eigenvalue weighted by Crippen LogP contribution is 2.44. The third kappa shape index (κ3) is 5.17. The third-order valence-electron chi connectivity index (χ3n) is 5.64. The summed E-state index contributed by atoms with van der Waals surface area (Å²) >= 11 is 4.66. The van der Waals surface area contributed by atoms with E-state index in [-0.39, 0.29) is 5.41 Å². The Kier molecular flexibility index (Phi) is 7.56. The van der Waals surface area contributed by atoms with Gasteiger partial charge in [0.2, 0.25) is 0 Å². The number of benzene rings is 1. The summed E-state index contributed by atoms with van der Waals surface area (Å²) in [6.45, 7) is 17.1. The molecule has 0 N–H and O–H groups in total. The first kappa shape index (κ1) is 21.6. The maximum Gasteiger partial charge on any atom is 0.0202 e. The van der Waals surface area contributed by atoms with Crippen LogP contribution in [0.15, 0.2) is 78.9 Å². The van der Waals surface area contributed by atoms with Gasteiger partial charge >= 0.3 is 0 Å². The summed E-state index contributed by atoms with van der Waals surface area (Å²) in [4.78, 5) is 0. The van der Waals surface area contributed by atoms with Gasteiger partial charge in [0.15, 0.2) is 0 Å². The number of rotatable bonds is 8. The van der Waals surface area contributed by atoms with Crippen LogP contribution in [0.4, 0.5) is 0 Å². The van der Waals surface area contributed by atoms with Crippen LogP contribution in [0.25, 0.3) is 5.57 Å². The minimum Gasteiger partial charge on any atom is -0.172 e. The predicted octanol–water partition coefficient (Wildman–Crippen LogP) is 7.71. The van der Waals surface area contributed by atoms with E-state index in [1.165, 1.54) is 22.3 Å². The second-order valence-electron chi connectivity index (χ2n) is 7.91. The molecule has 3 unspecified atom stereocenters. The minimum absolute atomic E-state index is 0.0950. The SMILES string of the molecule is C=C(C)/C=C\C(=CC)C(C)(CC1C=CC(S)C1)c1ccccc1C(=C)CC. The fourth-order valence-corrected chi connectivity index (χ4v) is 4.48. The van der Waals surface area contributed by atoms with Crippen LogP contribution in [0.1, 0.15) is 58.1 Å². The summed E-state index contributed by atoms with van der Waals surface area (Å²) in [5.74, 6) is 0.536. The van der Waals surface area contributed by atoms with Gasteiger partial charge in [0, 0.05) is 10.7 Å². The molecule has 27 heavy (non-hydrogen) atoms. The molecule has 0 aliphatic heterocycles. The van der Waals surface area contributed by atoms with Gasteiger partial charge in [0.05, 0.1) is 0 Å². The molecular formula is C26H34S. The highest BCUT2D eigenvalue weighted by Gasteiger charge is 2.35. The summed E-state index contributed by atoms with van der Waals surface area (Å²) in [5, 5.41) is 0.375. The summed E-state index contributed by atoms with van der Waals surface area (Å²) in [5.41, 5.74) is 6.16. The number of allylic oxidation sites excluding steroid dienone is 7. The Hall–Kier alpha value is -1.73. The van der Waals surface area contributed by atoms with E-state index >= 15 is 0 Å². The van der Waals surface area contributed by atoms with Crippen molar-refractivity contribution in [3.8, 4) is 0 Å². The monoisotopic (exact) mass is 378 g/mol. The summed E-state index contributed by atoms with van der Waals surface area (Å²) in [6, 6.07) is 8.78. The van der Waals surface area contributed by atoms with Crippen molar-refractivity contribution in [1.82, 2.24) is 0 Å². The van der Waals surface area contributed by atoms with Crippen molar-refractivity contribution in [3.05, 3.63) is 90.1 Å². The van der Waals surface area contributed by atoms with E-state index in [0.717, 1.165) is 24.8 Å². The lowest BCUT2D eigenvalue weighted by Gasteiger charge is -2.36. The molecule has 0 aromatic heterocycles. The molecule has 144 valence electrons. The molecule has 0 bridgehead atoms. The molecule has 1 aliphatic rings. The molecule has 0 saturated carbocycles. The Bertz CT molecular complexity index is 777. The van der Waals surface area contributed by atoms with Gasteiger partial charge in [-0.25, -0.2) is 0 Å². The standard InChI is InChI=1S/C26H34S/c1-7-20(5)24-11-9-10-12-25(24)26(6,18-21-14-16-23(27)17-21)22(8-2)15-13-19(3)4/h8-16,21,23,27H,3,5,7,17-18H2,1-2,4,6H3/b15-13-,22-8?. The van der Waals surface area contributed by atoms with Crippen molar-refractivity contribution in [2.75, 3.05) is 0 Å². The van der Waals surface area contributed by atoms with Crippen molar-refractivity contribution in [1.29, 1.82) is 0 Å². The molecule has 0 spiro atoms. The molecular weight excluding hydrogens is 344 g/mol. The second kappa shape index (κ2) is 9.46. The Morgan fingerprint density at radius 3 is 2.48 bits per heavy atom. The summed E-state index contributed by atoms with van der Waals surface area (Å²) in [7, 11) is 0. The van der Waals surface area contributed by atoms with E-state index in [2.05, 4.69) is 101 Å². The highest BCUT2D eigenvalue weighted by molar-refractivity contribution is 7.81. The first-order valence-electron chi connectivity index (χ1n) is 9.96. The van der Waals surface area contributed by atoms with Gasteiger partial charge in [-0.15, -0.1) is 0 Å². The summed E-state index contributed by atoms with van der Waals surface area (Å²) in [6.07, 6.45) is 14.3. The fraction of sp³-hybridized carbons (Fsp3) is 0.385. The van der Waals surface area contributed by atoms with Crippen molar-refractivity contribution in [3.63, 3.8) is 0 Å². The molecule has 0 saturated heterocycles. The second-order valence-corrected chi connectivity index (χ2v) is 8.57. The molecule has 1 heteroatoms. The van der Waals surface area contributed by atoms with Crippen LogP contribution in [0.5, 0.6) is 0 Å². The molecule has 0 amide bonds. The topological polar surface area (TPSA) is 0 Å². The van der Waals surface area contributed by atoms with Crippen molar-refractivity contribution in [2.45, 2.75) is 57.6 Å². The van der Waals surface area contributed by atoms with E-state index in [4.69, 9.17) is 0 Å². The first-order valence-corrected chi connectivity index (χ1v) is 10.5. The molecule has 3 atom stereocenters. The molecule has 0 radical (unpaired) electrons. The third-order valence-corrected chi connectivity index (χ3v) is 6.03. The van der Waals surface area contributed by atoms with Gasteiger partial charge < -0.3 is 0 Å². The van der Waals surface area contributed by atoms with E-state index < -0.39 is 0 Å². The van der Waals surface area contributed by atoms with Crippen LogP contribution in [0.2, 0.25) is 0 Å². The van der Waals surface area contributed by atoms with Gasteiger partial charge in [-0.2, -0.15) is 12.6 Å². The number of thiol groups is 1. The Morgan fingerprint density at radius 1 is 1.22 bits per heavy atom. The smallest absolute Gasteiger partial charge is 0.0202 e. The molecule has 0 heterocycles. The lowest BCUT2D eigenvalue weighted by molar-refractivity contribution is 0.429. The molecule has 0 fully saturated rings. The summed E-state index contributed by atoms with van der Waals surface area (Å²) < 4.78 is 0. The minimum atomic E-state index is -0.0950. The van der Waals surface area contributed by atoms with Crippen molar-refractivity contribution < 1.29 is 0 Å². The van der Waals surface area contributed by atoms with E-state index in [1.54, 1.807) is 0 Å². The maximum absolute atomic E-state index is 4.66. The van der Waals surface area contributed by atoms with Gasteiger partial charge in [0.25, 0.3) is 0 Å². The van der Waals surface area contributed by atoms with Crippen LogP contribution in [-0.4, -0.2) is 5.25 Å². The number of hydrogen-bond acceptors (Lipinski definition) is 1. The number of hydrogen-bond donors (Lipinski definition) is 1. The zero-order chi connectivity index (χ0) is 20.0. The Labute approximate surface area is 171 Å². The van der Waals surface area contributed by atoms with E-state index in [1.807, 2.05) is 6.92 Å². The van der Waals surface area contributed by atoms with Crippen molar-refractivity contribution >= 4 is 18.2 Å². The van der Waals surface area contributed by atoms with E-state index in [0.29, 0.717) is 11.2 Å². The first-order chi connectivity index (χ1) is 12.8. The van der Waals surface area contributed by atoms with E-state index in [9.17, 15) is 0 Å². The van der Waals surface area contributed by atoms with Crippen molar-refractivity contribution in [2.24, 2.45) is 5.92 Å². The predicted molar refractivity (Wildman–Crippen MR) is 125 cm³/mol. The Balaban J connectivity index is 2.58. The van der Waals surface area contributed by atoms with Gasteiger partial charge in [0.1, 0.15) is 0 Å². The normalized spacial score (nSPS) is 22.2. The van der Waals surface area contributed by atoms with Crippen LogP contribution in [-0.2, 0) is 5.41 Å². The largest absolute Gasteiger partial charge is 0.172 e. The molecule has 1 aromatic carbocycles. The average Bonchev–Trinajstić information content (AvgIpc) is 3.05. The zero-order valence-electron chi connectivity index (χ0n) is 17.3. The molecule has 1 aromatic rings. The molecule has 2 rings (SSSR count). The van der Waals surface area contributed by atoms with Crippen LogP contribution >= 0.6 is 12.6 Å². The zero-order valence-corrected chi connectivity index (χ0v) is 18.2. The van der Waals surface area contributed by atoms with Crippen LogP contribution < -0.4 is 0 Å².